The van der Waals surface area contributed by atoms with Crippen LogP contribution in [-0.2, 0) is 0 Å². The van der Waals surface area contributed by atoms with Crippen molar-refractivity contribution in [3.05, 3.63) is 28.2 Å². The zero-order valence-corrected chi connectivity index (χ0v) is 9.47. The third-order valence-corrected chi connectivity index (χ3v) is 2.77. The third-order valence-electron chi connectivity index (χ3n) is 2.08. The van der Waals surface area contributed by atoms with Crippen LogP contribution in [0.15, 0.2) is 22.7 Å². The lowest BCUT2D eigenvalue weighted by atomic mass is 10.0. The average molecular weight is 244 g/mol. The van der Waals surface area contributed by atoms with Crippen LogP contribution >= 0.6 is 15.9 Å². The molecule has 72 valence electrons. The molecule has 1 rings (SSSR count). The van der Waals surface area contributed by atoms with Gasteiger partial charge in [-0.2, -0.15) is 0 Å². The fourth-order valence-electron chi connectivity index (χ4n) is 1.29. The summed E-state index contributed by atoms with van der Waals surface area (Å²) in [6.07, 6.45) is 0. The standard InChI is InChI=1S/C10H14BrNO/c1-7(6-12)10-8(11)4-3-5-9(10)13-2/h3-5,7H,6,12H2,1-2H3. The molecule has 0 saturated carbocycles. The van der Waals surface area contributed by atoms with Crippen LogP contribution in [0.2, 0.25) is 0 Å². The fourth-order valence-corrected chi connectivity index (χ4v) is 2.03. The number of hydrogen-bond acceptors (Lipinski definition) is 2. The summed E-state index contributed by atoms with van der Waals surface area (Å²) in [4.78, 5) is 0. The van der Waals surface area contributed by atoms with Gasteiger partial charge in [-0.1, -0.05) is 28.9 Å². The number of rotatable bonds is 3. The molecule has 0 aromatic heterocycles. The van der Waals surface area contributed by atoms with Crippen LogP contribution in [0.5, 0.6) is 5.75 Å². The molecule has 0 bridgehead atoms. The lowest BCUT2D eigenvalue weighted by Gasteiger charge is -2.15. The maximum Gasteiger partial charge on any atom is 0.123 e. The number of ether oxygens (including phenoxy) is 1. The zero-order chi connectivity index (χ0) is 9.84. The molecule has 1 atom stereocenters. The van der Waals surface area contributed by atoms with Gasteiger partial charge in [-0.05, 0) is 24.6 Å². The monoisotopic (exact) mass is 243 g/mol. The lowest BCUT2D eigenvalue weighted by molar-refractivity contribution is 0.406. The first-order valence-corrected chi connectivity index (χ1v) is 5.02. The second-order valence-electron chi connectivity index (χ2n) is 2.99. The number of benzene rings is 1. The summed E-state index contributed by atoms with van der Waals surface area (Å²) in [5.74, 6) is 1.21. The molecule has 0 radical (unpaired) electrons. The Labute approximate surface area is 87.2 Å². The Bertz CT molecular complexity index is 288. The van der Waals surface area contributed by atoms with E-state index in [4.69, 9.17) is 10.5 Å². The van der Waals surface area contributed by atoms with Crippen molar-refractivity contribution in [3.63, 3.8) is 0 Å². The van der Waals surface area contributed by atoms with Gasteiger partial charge in [-0.3, -0.25) is 0 Å². The Hall–Kier alpha value is -0.540. The van der Waals surface area contributed by atoms with Gasteiger partial charge < -0.3 is 10.5 Å². The molecule has 1 aromatic carbocycles. The molecule has 0 aliphatic heterocycles. The largest absolute Gasteiger partial charge is 0.496 e. The van der Waals surface area contributed by atoms with Crippen LogP contribution in [0.3, 0.4) is 0 Å². The third kappa shape index (κ3) is 2.23. The van der Waals surface area contributed by atoms with Crippen LogP contribution in [-0.4, -0.2) is 13.7 Å². The number of methoxy groups -OCH3 is 1. The summed E-state index contributed by atoms with van der Waals surface area (Å²) in [7, 11) is 1.68. The fraction of sp³-hybridized carbons (Fsp3) is 0.400. The number of hydrogen-bond donors (Lipinski definition) is 1. The van der Waals surface area contributed by atoms with Crippen molar-refractivity contribution in [3.8, 4) is 5.75 Å². The van der Waals surface area contributed by atoms with Crippen molar-refractivity contribution in [2.45, 2.75) is 12.8 Å². The van der Waals surface area contributed by atoms with E-state index in [0.29, 0.717) is 12.5 Å². The summed E-state index contributed by atoms with van der Waals surface area (Å²) in [6.45, 7) is 2.71. The molecule has 0 heterocycles. The highest BCUT2D eigenvalue weighted by Gasteiger charge is 2.12. The van der Waals surface area contributed by atoms with Gasteiger partial charge in [0, 0.05) is 10.0 Å². The van der Waals surface area contributed by atoms with E-state index in [1.807, 2.05) is 18.2 Å². The molecule has 0 fully saturated rings. The van der Waals surface area contributed by atoms with E-state index in [1.54, 1.807) is 7.11 Å². The predicted octanol–water partition coefficient (Wildman–Crippen LogP) is 2.52. The van der Waals surface area contributed by atoms with Crippen LogP contribution in [0.4, 0.5) is 0 Å². The van der Waals surface area contributed by atoms with Crippen LogP contribution in [0, 0.1) is 0 Å². The van der Waals surface area contributed by atoms with Crippen molar-refractivity contribution < 1.29 is 4.74 Å². The highest BCUT2D eigenvalue weighted by Crippen LogP contribution is 2.32. The van der Waals surface area contributed by atoms with Gasteiger partial charge in [0.2, 0.25) is 0 Å². The second-order valence-corrected chi connectivity index (χ2v) is 3.85. The maximum absolute atomic E-state index is 5.62. The second kappa shape index (κ2) is 4.63. The minimum atomic E-state index is 0.311. The molecule has 2 nitrogen and oxygen atoms in total. The number of nitrogens with two attached hydrogens (primary N) is 1. The van der Waals surface area contributed by atoms with Gasteiger partial charge >= 0.3 is 0 Å². The summed E-state index contributed by atoms with van der Waals surface area (Å²) >= 11 is 3.49. The summed E-state index contributed by atoms with van der Waals surface area (Å²) in [5.41, 5.74) is 6.77. The van der Waals surface area contributed by atoms with E-state index in [1.165, 1.54) is 0 Å². The average Bonchev–Trinajstić information content (AvgIpc) is 2.16. The molecular formula is C10H14BrNO. The maximum atomic E-state index is 5.62. The summed E-state index contributed by atoms with van der Waals surface area (Å²) in [6, 6.07) is 5.91. The molecular weight excluding hydrogens is 230 g/mol. The van der Waals surface area contributed by atoms with Crippen LogP contribution < -0.4 is 10.5 Å². The van der Waals surface area contributed by atoms with Crippen molar-refractivity contribution in [1.29, 1.82) is 0 Å². The van der Waals surface area contributed by atoms with Crippen LogP contribution in [0.25, 0.3) is 0 Å². The zero-order valence-electron chi connectivity index (χ0n) is 7.88. The van der Waals surface area contributed by atoms with Gasteiger partial charge in [-0.15, -0.1) is 0 Å². The smallest absolute Gasteiger partial charge is 0.123 e. The molecule has 1 unspecified atom stereocenters. The minimum Gasteiger partial charge on any atom is -0.496 e. The lowest BCUT2D eigenvalue weighted by Crippen LogP contribution is -2.10. The summed E-state index contributed by atoms with van der Waals surface area (Å²) in [5, 5.41) is 0. The molecule has 1 aromatic rings. The Balaban J connectivity index is 3.14. The molecule has 0 spiro atoms. The van der Waals surface area contributed by atoms with E-state index in [9.17, 15) is 0 Å². The van der Waals surface area contributed by atoms with Gasteiger partial charge in [-0.25, -0.2) is 0 Å². The molecule has 0 saturated heterocycles. The quantitative estimate of drug-likeness (QED) is 0.886. The van der Waals surface area contributed by atoms with Crippen molar-refractivity contribution >= 4 is 15.9 Å². The minimum absolute atomic E-state index is 0.311. The van der Waals surface area contributed by atoms with E-state index < -0.39 is 0 Å². The number of halogens is 1. The first kappa shape index (κ1) is 10.5. The van der Waals surface area contributed by atoms with E-state index >= 15 is 0 Å². The molecule has 13 heavy (non-hydrogen) atoms. The first-order valence-electron chi connectivity index (χ1n) is 4.23. The van der Waals surface area contributed by atoms with Gasteiger partial charge in [0.05, 0.1) is 7.11 Å². The highest BCUT2D eigenvalue weighted by molar-refractivity contribution is 9.10. The molecule has 0 aliphatic carbocycles. The first-order chi connectivity index (χ1) is 6.20. The van der Waals surface area contributed by atoms with E-state index in [-0.39, 0.29) is 0 Å². The topological polar surface area (TPSA) is 35.2 Å². The Morgan fingerprint density at radius 1 is 1.54 bits per heavy atom. The molecule has 0 aliphatic rings. The van der Waals surface area contributed by atoms with Gasteiger partial charge in [0.15, 0.2) is 0 Å². The Morgan fingerprint density at radius 3 is 2.77 bits per heavy atom. The Kier molecular flexibility index (Phi) is 3.75. The molecule has 0 amide bonds. The van der Waals surface area contributed by atoms with Crippen molar-refractivity contribution in [2.75, 3.05) is 13.7 Å². The summed E-state index contributed by atoms with van der Waals surface area (Å²) < 4.78 is 6.32. The van der Waals surface area contributed by atoms with E-state index in [0.717, 1.165) is 15.8 Å². The molecule has 3 heteroatoms. The van der Waals surface area contributed by atoms with Crippen LogP contribution in [0.1, 0.15) is 18.4 Å². The van der Waals surface area contributed by atoms with Crippen molar-refractivity contribution in [1.82, 2.24) is 0 Å². The van der Waals surface area contributed by atoms with Gasteiger partial charge in [0.1, 0.15) is 5.75 Å². The Morgan fingerprint density at radius 2 is 2.23 bits per heavy atom. The normalized spacial score (nSPS) is 12.6. The van der Waals surface area contributed by atoms with Crippen molar-refractivity contribution in [2.24, 2.45) is 5.73 Å². The molecule has 2 N–H and O–H groups in total. The van der Waals surface area contributed by atoms with Gasteiger partial charge in [0.25, 0.3) is 0 Å². The van der Waals surface area contributed by atoms with E-state index in [2.05, 4.69) is 22.9 Å². The predicted molar refractivity (Wildman–Crippen MR) is 58.2 cm³/mol. The SMILES string of the molecule is COc1cccc(Br)c1C(C)CN. The highest BCUT2D eigenvalue weighted by atomic mass is 79.9.